The molecule has 0 radical (unpaired) electrons. The molecule has 1 unspecified atom stereocenters. The molecule has 1 atom stereocenters. The molecule has 1 amide bonds. The van der Waals surface area contributed by atoms with Crippen LogP contribution >= 0.6 is 0 Å². The third-order valence-corrected chi connectivity index (χ3v) is 5.90. The number of aromatic hydroxyl groups is 1. The van der Waals surface area contributed by atoms with Gasteiger partial charge in [-0.2, -0.15) is 0 Å². The SMILES string of the molecule is CN(c1c2c(c(O)c3ncccc13)CN(Cc1ccc(F)cc1)C2=O)S(C)=O. The number of fused-ring (bicyclic) bond motifs is 2. The summed E-state index contributed by atoms with van der Waals surface area (Å²) in [6.07, 6.45) is 3.09. The van der Waals surface area contributed by atoms with Gasteiger partial charge in [0, 0.05) is 37.0 Å². The fourth-order valence-corrected chi connectivity index (χ4v) is 3.97. The second-order valence-corrected chi connectivity index (χ2v) is 8.05. The van der Waals surface area contributed by atoms with E-state index >= 15 is 0 Å². The molecule has 1 aliphatic rings. The average molecular weight is 399 g/mol. The largest absolute Gasteiger partial charge is 0.505 e. The normalized spacial score (nSPS) is 14.4. The van der Waals surface area contributed by atoms with Gasteiger partial charge in [0.1, 0.15) is 28.1 Å². The molecule has 144 valence electrons. The maximum atomic E-state index is 13.2. The minimum Gasteiger partial charge on any atom is -0.505 e. The molecule has 28 heavy (non-hydrogen) atoms. The minimum absolute atomic E-state index is 0.0420. The molecule has 3 aromatic rings. The zero-order chi connectivity index (χ0) is 20.0. The van der Waals surface area contributed by atoms with E-state index in [4.69, 9.17) is 0 Å². The van der Waals surface area contributed by atoms with Crippen molar-refractivity contribution >= 4 is 33.5 Å². The summed E-state index contributed by atoms with van der Waals surface area (Å²) >= 11 is 0. The highest BCUT2D eigenvalue weighted by molar-refractivity contribution is 7.85. The summed E-state index contributed by atoms with van der Waals surface area (Å²) in [5.41, 5.74) is 2.43. The summed E-state index contributed by atoms with van der Waals surface area (Å²) in [5, 5.41) is 11.3. The summed E-state index contributed by atoms with van der Waals surface area (Å²) in [6.45, 7) is 0.469. The van der Waals surface area contributed by atoms with Crippen molar-refractivity contribution in [1.29, 1.82) is 0 Å². The number of pyridine rings is 1. The molecule has 0 spiro atoms. The lowest BCUT2D eigenvalue weighted by Crippen LogP contribution is -2.26. The molecule has 0 aliphatic carbocycles. The number of halogens is 1. The van der Waals surface area contributed by atoms with Crippen LogP contribution in [0, 0.1) is 5.82 Å². The molecule has 6 nitrogen and oxygen atoms in total. The van der Waals surface area contributed by atoms with Crippen LogP contribution in [0.4, 0.5) is 10.1 Å². The molecular weight excluding hydrogens is 381 g/mol. The van der Waals surface area contributed by atoms with Gasteiger partial charge in [0.05, 0.1) is 17.8 Å². The van der Waals surface area contributed by atoms with Crippen LogP contribution in [-0.4, -0.2) is 38.4 Å². The number of phenolic OH excluding ortho intramolecular Hbond substituents is 1. The standard InChI is InChI=1S/C20H18FN3O3S/c1-23(28(2)27)18-14-4-3-9-22-17(14)19(25)15-11-24(20(26)16(15)18)10-12-5-7-13(21)8-6-12/h3-9,25H,10-11H2,1-2H3. The van der Waals surface area contributed by atoms with Crippen LogP contribution in [0.3, 0.4) is 0 Å². The van der Waals surface area contributed by atoms with E-state index in [2.05, 4.69) is 4.98 Å². The van der Waals surface area contributed by atoms with E-state index < -0.39 is 11.0 Å². The number of nitrogens with zero attached hydrogens (tertiary/aromatic N) is 3. The number of benzene rings is 2. The van der Waals surface area contributed by atoms with E-state index in [1.807, 2.05) is 0 Å². The number of rotatable bonds is 4. The van der Waals surface area contributed by atoms with Gasteiger partial charge >= 0.3 is 0 Å². The fraction of sp³-hybridized carbons (Fsp3) is 0.200. The minimum atomic E-state index is -1.37. The summed E-state index contributed by atoms with van der Waals surface area (Å²) in [6, 6.07) is 9.39. The van der Waals surface area contributed by atoms with Crippen molar-refractivity contribution in [2.75, 3.05) is 17.6 Å². The van der Waals surface area contributed by atoms with Crippen LogP contribution in [0.1, 0.15) is 21.5 Å². The Morgan fingerprint density at radius 3 is 2.68 bits per heavy atom. The molecule has 1 aromatic heterocycles. The fourth-order valence-electron chi connectivity index (χ4n) is 3.52. The molecular formula is C20H18FN3O3S. The number of hydrogen-bond donors (Lipinski definition) is 1. The summed E-state index contributed by atoms with van der Waals surface area (Å²) in [7, 11) is 0.272. The first kappa shape index (κ1) is 18.4. The van der Waals surface area contributed by atoms with Gasteiger partial charge in [-0.25, -0.2) is 8.60 Å². The van der Waals surface area contributed by atoms with Crippen LogP contribution in [0.2, 0.25) is 0 Å². The second-order valence-electron chi connectivity index (χ2n) is 6.66. The van der Waals surface area contributed by atoms with Crippen LogP contribution in [0.25, 0.3) is 10.9 Å². The lowest BCUT2D eigenvalue weighted by atomic mass is 10.0. The van der Waals surface area contributed by atoms with Crippen molar-refractivity contribution in [1.82, 2.24) is 9.88 Å². The molecule has 2 aromatic carbocycles. The first-order valence-corrected chi connectivity index (χ1v) is 10.1. The summed E-state index contributed by atoms with van der Waals surface area (Å²) < 4.78 is 26.9. The summed E-state index contributed by atoms with van der Waals surface area (Å²) in [4.78, 5) is 19.0. The Morgan fingerprint density at radius 2 is 2.00 bits per heavy atom. The second kappa shape index (κ2) is 6.87. The molecule has 0 bridgehead atoms. The number of carbonyl (C=O) groups is 1. The van der Waals surface area contributed by atoms with Gasteiger partial charge in [-0.15, -0.1) is 0 Å². The third-order valence-electron chi connectivity index (χ3n) is 4.95. The van der Waals surface area contributed by atoms with Gasteiger partial charge in [-0.05, 0) is 29.8 Å². The van der Waals surface area contributed by atoms with Gasteiger partial charge in [0.15, 0.2) is 0 Å². The highest BCUT2D eigenvalue weighted by Gasteiger charge is 2.36. The number of hydrogen-bond acceptors (Lipinski definition) is 4. The Morgan fingerprint density at radius 1 is 1.29 bits per heavy atom. The van der Waals surface area contributed by atoms with Crippen LogP contribution in [0.5, 0.6) is 5.75 Å². The Kier molecular flexibility index (Phi) is 4.50. The van der Waals surface area contributed by atoms with E-state index in [-0.39, 0.29) is 30.6 Å². The maximum Gasteiger partial charge on any atom is 0.257 e. The van der Waals surface area contributed by atoms with E-state index in [0.29, 0.717) is 27.7 Å². The Bertz CT molecular complexity index is 1120. The van der Waals surface area contributed by atoms with E-state index in [0.717, 1.165) is 5.56 Å². The Balaban J connectivity index is 1.86. The molecule has 8 heteroatoms. The monoisotopic (exact) mass is 399 g/mol. The van der Waals surface area contributed by atoms with Crippen molar-refractivity contribution in [3.05, 3.63) is 65.1 Å². The highest BCUT2D eigenvalue weighted by Crippen LogP contribution is 2.44. The average Bonchev–Trinajstić information content (AvgIpc) is 3.00. The van der Waals surface area contributed by atoms with E-state index in [1.165, 1.54) is 22.7 Å². The number of carbonyl (C=O) groups excluding carboxylic acids is 1. The molecule has 2 heterocycles. The smallest absolute Gasteiger partial charge is 0.257 e. The quantitative estimate of drug-likeness (QED) is 0.732. The predicted octanol–water partition coefficient (Wildman–Crippen LogP) is 2.97. The number of amides is 1. The lowest BCUT2D eigenvalue weighted by molar-refractivity contribution is 0.0767. The number of aromatic nitrogens is 1. The molecule has 4 rings (SSSR count). The number of anilines is 1. The Hall–Kier alpha value is -3.00. The molecule has 1 N–H and O–H groups in total. The highest BCUT2D eigenvalue weighted by atomic mass is 32.2. The zero-order valence-corrected chi connectivity index (χ0v) is 16.2. The third kappa shape index (κ3) is 2.90. The molecule has 1 aliphatic heterocycles. The Labute approximate surface area is 163 Å². The molecule has 0 saturated heterocycles. The van der Waals surface area contributed by atoms with Gasteiger partial charge in [-0.3, -0.25) is 14.1 Å². The first-order chi connectivity index (χ1) is 13.4. The van der Waals surface area contributed by atoms with Gasteiger partial charge < -0.3 is 10.0 Å². The van der Waals surface area contributed by atoms with Gasteiger partial charge in [-0.1, -0.05) is 12.1 Å². The van der Waals surface area contributed by atoms with Crippen LogP contribution in [-0.2, 0) is 24.1 Å². The topological polar surface area (TPSA) is 73.7 Å². The maximum absolute atomic E-state index is 13.2. The van der Waals surface area contributed by atoms with Crippen molar-refractivity contribution in [2.24, 2.45) is 0 Å². The predicted molar refractivity (Wildman–Crippen MR) is 106 cm³/mol. The van der Waals surface area contributed by atoms with Crippen molar-refractivity contribution in [3.8, 4) is 5.75 Å². The van der Waals surface area contributed by atoms with E-state index in [1.54, 1.807) is 42.4 Å². The zero-order valence-electron chi connectivity index (χ0n) is 15.3. The van der Waals surface area contributed by atoms with E-state index in [9.17, 15) is 18.5 Å². The van der Waals surface area contributed by atoms with Gasteiger partial charge in [0.2, 0.25) is 0 Å². The van der Waals surface area contributed by atoms with Crippen LogP contribution < -0.4 is 4.31 Å². The van der Waals surface area contributed by atoms with Crippen molar-refractivity contribution < 1.29 is 18.5 Å². The van der Waals surface area contributed by atoms with Crippen molar-refractivity contribution in [2.45, 2.75) is 13.1 Å². The molecule has 0 saturated carbocycles. The number of phenols is 1. The van der Waals surface area contributed by atoms with Crippen molar-refractivity contribution in [3.63, 3.8) is 0 Å². The first-order valence-electron chi connectivity index (χ1n) is 8.62. The van der Waals surface area contributed by atoms with Crippen LogP contribution in [0.15, 0.2) is 42.6 Å². The summed E-state index contributed by atoms with van der Waals surface area (Å²) in [5.74, 6) is -0.656. The van der Waals surface area contributed by atoms with Gasteiger partial charge in [0.25, 0.3) is 5.91 Å². The lowest BCUT2D eigenvalue weighted by Gasteiger charge is -2.21. The molecule has 0 fully saturated rings.